The summed E-state index contributed by atoms with van der Waals surface area (Å²) in [4.78, 5) is 12.2. The van der Waals surface area contributed by atoms with Gasteiger partial charge in [-0.15, -0.1) is 0 Å². The monoisotopic (exact) mass is 347 g/mol. The number of fused-ring (bicyclic) bond motifs is 1. The molecule has 1 amide bonds. The van der Waals surface area contributed by atoms with Gasteiger partial charge < -0.3 is 10.1 Å². The highest BCUT2D eigenvalue weighted by Crippen LogP contribution is 2.21. The van der Waals surface area contributed by atoms with E-state index in [2.05, 4.69) is 42.6 Å². The fourth-order valence-electron chi connectivity index (χ4n) is 2.90. The van der Waals surface area contributed by atoms with E-state index in [1.165, 1.54) is 11.1 Å². The molecule has 1 N–H and O–H groups in total. The molecule has 0 aromatic heterocycles. The number of ether oxygens (including phenoxy) is 1. The molecular formula is C23H25NO2. The van der Waals surface area contributed by atoms with Gasteiger partial charge in [0.15, 0.2) is 6.10 Å². The molecule has 0 aliphatic rings. The fraction of sp³-hybridized carbons (Fsp3) is 0.261. The third-order valence-electron chi connectivity index (χ3n) is 4.47. The number of benzene rings is 3. The molecular weight excluding hydrogens is 322 g/mol. The van der Waals surface area contributed by atoms with E-state index in [0.29, 0.717) is 12.3 Å². The molecule has 1 unspecified atom stereocenters. The van der Waals surface area contributed by atoms with Crippen LogP contribution in [0.4, 0.5) is 0 Å². The highest BCUT2D eigenvalue weighted by Gasteiger charge is 2.14. The van der Waals surface area contributed by atoms with Crippen LogP contribution in [0.1, 0.15) is 24.5 Å². The molecule has 3 aromatic carbocycles. The first-order valence-corrected chi connectivity index (χ1v) is 9.10. The molecule has 0 bridgehead atoms. The highest BCUT2D eigenvalue weighted by atomic mass is 16.5. The normalized spacial score (nSPS) is 11.9. The van der Waals surface area contributed by atoms with Crippen LogP contribution < -0.4 is 10.1 Å². The van der Waals surface area contributed by atoms with Gasteiger partial charge in [-0.25, -0.2) is 0 Å². The Bertz CT molecular complexity index is 871. The molecule has 0 radical (unpaired) electrons. The fourth-order valence-corrected chi connectivity index (χ4v) is 2.90. The summed E-state index contributed by atoms with van der Waals surface area (Å²) in [6.45, 7) is 4.52. The van der Waals surface area contributed by atoms with E-state index in [4.69, 9.17) is 4.74 Å². The number of rotatable bonds is 7. The summed E-state index contributed by atoms with van der Waals surface area (Å²) in [6.07, 6.45) is 1.35. The summed E-state index contributed by atoms with van der Waals surface area (Å²) >= 11 is 0. The van der Waals surface area contributed by atoms with Crippen LogP contribution in [-0.4, -0.2) is 18.6 Å². The van der Waals surface area contributed by atoms with Crippen molar-refractivity contribution in [2.75, 3.05) is 6.54 Å². The van der Waals surface area contributed by atoms with E-state index in [0.717, 1.165) is 23.6 Å². The second kappa shape index (κ2) is 8.52. The van der Waals surface area contributed by atoms with Gasteiger partial charge >= 0.3 is 0 Å². The molecule has 0 aliphatic heterocycles. The van der Waals surface area contributed by atoms with Gasteiger partial charge in [-0.1, -0.05) is 60.2 Å². The largest absolute Gasteiger partial charge is 0.481 e. The Morgan fingerprint density at radius 3 is 2.50 bits per heavy atom. The van der Waals surface area contributed by atoms with Crippen molar-refractivity contribution in [3.8, 4) is 5.75 Å². The smallest absolute Gasteiger partial charge is 0.260 e. The van der Waals surface area contributed by atoms with Crippen molar-refractivity contribution >= 4 is 16.7 Å². The van der Waals surface area contributed by atoms with Gasteiger partial charge in [0.05, 0.1) is 0 Å². The summed E-state index contributed by atoms with van der Waals surface area (Å²) in [6, 6.07) is 22.5. The molecule has 1 atom stereocenters. The third-order valence-corrected chi connectivity index (χ3v) is 4.47. The van der Waals surface area contributed by atoms with Gasteiger partial charge in [0.25, 0.3) is 5.91 Å². The summed E-state index contributed by atoms with van der Waals surface area (Å²) in [5, 5.41) is 5.22. The quantitative estimate of drug-likeness (QED) is 0.631. The van der Waals surface area contributed by atoms with Gasteiger partial charge in [0.1, 0.15) is 5.75 Å². The number of aryl methyl sites for hydroxylation is 2. The Morgan fingerprint density at radius 2 is 1.73 bits per heavy atom. The molecule has 0 aliphatic carbocycles. The topological polar surface area (TPSA) is 38.3 Å². The van der Waals surface area contributed by atoms with Crippen LogP contribution >= 0.6 is 0 Å². The first-order valence-electron chi connectivity index (χ1n) is 9.10. The maximum absolute atomic E-state index is 12.2. The first kappa shape index (κ1) is 18.0. The predicted molar refractivity (Wildman–Crippen MR) is 107 cm³/mol. The van der Waals surface area contributed by atoms with E-state index in [1.54, 1.807) is 6.92 Å². The molecule has 0 heterocycles. The number of nitrogens with one attached hydrogen (secondary N) is 1. The van der Waals surface area contributed by atoms with Crippen LogP contribution in [0.5, 0.6) is 5.75 Å². The molecule has 3 heteroatoms. The zero-order valence-corrected chi connectivity index (χ0v) is 15.4. The Hall–Kier alpha value is -2.81. The van der Waals surface area contributed by atoms with Crippen LogP contribution in [0.25, 0.3) is 10.8 Å². The van der Waals surface area contributed by atoms with E-state index < -0.39 is 6.10 Å². The van der Waals surface area contributed by atoms with Crippen molar-refractivity contribution in [2.45, 2.75) is 32.8 Å². The summed E-state index contributed by atoms with van der Waals surface area (Å²) in [7, 11) is 0. The maximum Gasteiger partial charge on any atom is 0.260 e. The van der Waals surface area contributed by atoms with Crippen molar-refractivity contribution in [2.24, 2.45) is 0 Å². The van der Waals surface area contributed by atoms with Gasteiger partial charge in [-0.3, -0.25) is 4.79 Å². The van der Waals surface area contributed by atoms with Crippen molar-refractivity contribution in [3.63, 3.8) is 0 Å². The van der Waals surface area contributed by atoms with Crippen molar-refractivity contribution in [1.82, 2.24) is 5.32 Å². The van der Waals surface area contributed by atoms with E-state index in [9.17, 15) is 4.79 Å². The Labute approximate surface area is 155 Å². The molecule has 3 nitrogen and oxygen atoms in total. The number of hydrogen-bond acceptors (Lipinski definition) is 2. The zero-order valence-electron chi connectivity index (χ0n) is 15.4. The minimum atomic E-state index is -0.518. The lowest BCUT2D eigenvalue weighted by Crippen LogP contribution is -2.36. The minimum Gasteiger partial charge on any atom is -0.481 e. The van der Waals surface area contributed by atoms with Crippen LogP contribution in [-0.2, 0) is 11.2 Å². The third kappa shape index (κ3) is 4.85. The Balaban J connectivity index is 1.45. The summed E-state index contributed by atoms with van der Waals surface area (Å²) in [5.41, 5.74) is 2.56. The second-order valence-electron chi connectivity index (χ2n) is 6.65. The second-order valence-corrected chi connectivity index (χ2v) is 6.65. The highest BCUT2D eigenvalue weighted by molar-refractivity contribution is 5.84. The Kier molecular flexibility index (Phi) is 5.90. The number of amides is 1. The average molecular weight is 347 g/mol. The SMILES string of the molecule is Cc1ccc(CCCNC(=O)C(C)Oc2ccc3ccccc3c2)cc1. The van der Waals surface area contributed by atoms with Crippen LogP contribution in [0, 0.1) is 6.92 Å². The van der Waals surface area contributed by atoms with Crippen LogP contribution in [0.15, 0.2) is 66.7 Å². The van der Waals surface area contributed by atoms with Crippen LogP contribution in [0.2, 0.25) is 0 Å². The lowest BCUT2D eigenvalue weighted by Gasteiger charge is -2.15. The molecule has 3 rings (SSSR count). The number of carbonyl (C=O) groups is 1. The molecule has 26 heavy (non-hydrogen) atoms. The van der Waals surface area contributed by atoms with Gasteiger partial charge in [-0.05, 0) is 55.2 Å². The molecule has 0 fully saturated rings. The first-order chi connectivity index (χ1) is 12.6. The summed E-state index contributed by atoms with van der Waals surface area (Å²) < 4.78 is 5.80. The maximum atomic E-state index is 12.2. The van der Waals surface area contributed by atoms with Gasteiger partial charge in [0, 0.05) is 6.54 Å². The molecule has 0 spiro atoms. The molecule has 0 saturated heterocycles. The number of hydrogen-bond donors (Lipinski definition) is 1. The standard InChI is InChI=1S/C23H25NO2/c1-17-9-11-19(12-10-17)6-5-15-24-23(25)18(2)26-22-14-13-20-7-3-4-8-21(20)16-22/h3-4,7-14,16,18H,5-6,15H2,1-2H3,(H,24,25). The lowest BCUT2D eigenvalue weighted by atomic mass is 10.1. The molecule has 0 saturated carbocycles. The lowest BCUT2D eigenvalue weighted by molar-refractivity contribution is -0.127. The van der Waals surface area contributed by atoms with Crippen LogP contribution in [0.3, 0.4) is 0 Å². The van der Waals surface area contributed by atoms with E-state index in [-0.39, 0.29) is 5.91 Å². The van der Waals surface area contributed by atoms with E-state index in [1.807, 2.05) is 36.4 Å². The molecule has 134 valence electrons. The van der Waals surface area contributed by atoms with Crippen molar-refractivity contribution < 1.29 is 9.53 Å². The van der Waals surface area contributed by atoms with Gasteiger partial charge in [0.2, 0.25) is 0 Å². The minimum absolute atomic E-state index is 0.0814. The average Bonchev–Trinajstić information content (AvgIpc) is 2.66. The Morgan fingerprint density at radius 1 is 1.00 bits per heavy atom. The predicted octanol–water partition coefficient (Wildman–Crippen LogP) is 4.66. The summed E-state index contributed by atoms with van der Waals surface area (Å²) in [5.74, 6) is 0.632. The van der Waals surface area contributed by atoms with Crippen molar-refractivity contribution in [3.05, 3.63) is 77.9 Å². The molecule has 3 aromatic rings. The van der Waals surface area contributed by atoms with Gasteiger partial charge in [-0.2, -0.15) is 0 Å². The van der Waals surface area contributed by atoms with Crippen molar-refractivity contribution in [1.29, 1.82) is 0 Å². The zero-order chi connectivity index (χ0) is 18.4. The van der Waals surface area contributed by atoms with E-state index >= 15 is 0 Å². The number of carbonyl (C=O) groups excluding carboxylic acids is 1.